The summed E-state index contributed by atoms with van der Waals surface area (Å²) in [5, 5.41) is 7.17. The van der Waals surface area contributed by atoms with Crippen LogP contribution in [-0.2, 0) is 11.3 Å². The van der Waals surface area contributed by atoms with Crippen LogP contribution in [0.3, 0.4) is 0 Å². The molecule has 1 aromatic carbocycles. The first-order valence-corrected chi connectivity index (χ1v) is 8.21. The third-order valence-electron chi connectivity index (χ3n) is 4.03. The minimum absolute atomic E-state index is 0.171. The molecule has 0 unspecified atom stereocenters. The highest BCUT2D eigenvalue weighted by Crippen LogP contribution is 2.33. The van der Waals surface area contributed by atoms with Crippen LogP contribution in [0.5, 0.6) is 5.75 Å². The van der Waals surface area contributed by atoms with E-state index < -0.39 is 0 Å². The number of nitrogens with zero attached hydrogens (tertiary/aromatic N) is 2. The zero-order chi connectivity index (χ0) is 16.9. The maximum atomic E-state index is 13.9. The minimum atomic E-state index is -0.334. The predicted octanol–water partition coefficient (Wildman–Crippen LogP) is 2.78. The van der Waals surface area contributed by atoms with E-state index in [1.807, 2.05) is 13.0 Å². The number of hydrogen-bond donors (Lipinski definition) is 1. The summed E-state index contributed by atoms with van der Waals surface area (Å²) in [5.74, 6) is 1.36. The number of hydrogen-bond acceptors (Lipinski definition) is 6. The molecule has 1 saturated heterocycles. The molecule has 3 rings (SSSR count). The molecule has 0 radical (unpaired) electrons. The first kappa shape index (κ1) is 16.9. The highest BCUT2D eigenvalue weighted by molar-refractivity contribution is 5.29. The lowest BCUT2D eigenvalue weighted by atomic mass is 10.0. The van der Waals surface area contributed by atoms with Crippen molar-refractivity contribution in [3.8, 4) is 5.75 Å². The Morgan fingerprint density at radius 2 is 2.29 bits per heavy atom. The number of benzene rings is 1. The summed E-state index contributed by atoms with van der Waals surface area (Å²) in [6.07, 6.45) is 0.757. The molecular weight excluding hydrogens is 313 g/mol. The molecule has 1 N–H and O–H groups in total. The van der Waals surface area contributed by atoms with Gasteiger partial charge in [-0.05, 0) is 38.0 Å². The van der Waals surface area contributed by atoms with Gasteiger partial charge < -0.3 is 19.3 Å². The Kier molecular flexibility index (Phi) is 5.42. The average Bonchev–Trinajstić information content (AvgIpc) is 3.19. The molecule has 2 aromatic rings. The molecule has 0 aliphatic carbocycles. The van der Waals surface area contributed by atoms with E-state index in [9.17, 15) is 4.39 Å². The fourth-order valence-corrected chi connectivity index (χ4v) is 2.87. The molecule has 2 atom stereocenters. The monoisotopic (exact) mass is 335 g/mol. The van der Waals surface area contributed by atoms with Gasteiger partial charge in [0.05, 0.1) is 6.61 Å². The molecule has 0 saturated carbocycles. The molecule has 2 heterocycles. The van der Waals surface area contributed by atoms with Crippen LogP contribution in [0.1, 0.15) is 36.7 Å². The van der Waals surface area contributed by atoms with Crippen molar-refractivity contribution in [2.24, 2.45) is 5.92 Å². The predicted molar refractivity (Wildman–Crippen MR) is 85.1 cm³/mol. The third kappa shape index (κ3) is 3.91. The molecular formula is C17H22FN3O3. The average molecular weight is 335 g/mol. The number of aromatic nitrogens is 2. The van der Waals surface area contributed by atoms with Crippen molar-refractivity contribution in [3.05, 3.63) is 41.3 Å². The fourth-order valence-electron chi connectivity index (χ4n) is 2.87. The van der Waals surface area contributed by atoms with Crippen LogP contribution in [0, 0.1) is 18.7 Å². The molecule has 24 heavy (non-hydrogen) atoms. The Morgan fingerprint density at radius 1 is 1.42 bits per heavy atom. The van der Waals surface area contributed by atoms with Gasteiger partial charge in [-0.15, -0.1) is 0 Å². The van der Waals surface area contributed by atoms with Crippen LogP contribution in [0.25, 0.3) is 0 Å². The summed E-state index contributed by atoms with van der Waals surface area (Å²) in [5.41, 5.74) is 0.875. The van der Waals surface area contributed by atoms with E-state index in [4.69, 9.17) is 14.0 Å². The lowest BCUT2D eigenvalue weighted by Gasteiger charge is -2.16. The number of nitrogens with one attached hydrogen (secondary N) is 1. The zero-order valence-electron chi connectivity index (χ0n) is 13.9. The van der Waals surface area contributed by atoms with Crippen LogP contribution >= 0.6 is 0 Å². The van der Waals surface area contributed by atoms with E-state index >= 15 is 0 Å². The molecule has 1 fully saturated rings. The second-order valence-corrected chi connectivity index (χ2v) is 5.85. The van der Waals surface area contributed by atoms with E-state index in [1.54, 1.807) is 13.0 Å². The molecule has 7 heteroatoms. The number of halogens is 1. The van der Waals surface area contributed by atoms with Gasteiger partial charge in [0.25, 0.3) is 5.89 Å². The highest BCUT2D eigenvalue weighted by atomic mass is 19.1. The second kappa shape index (κ2) is 7.72. The van der Waals surface area contributed by atoms with Crippen molar-refractivity contribution in [2.75, 3.05) is 19.8 Å². The maximum Gasteiger partial charge on any atom is 0.256 e. The molecule has 1 aromatic heterocycles. The SMILES string of the molecule is CCOc1ccc(CNC[C@@H]2CCO[C@@H]2c2nc(C)no2)cc1F. The van der Waals surface area contributed by atoms with Gasteiger partial charge >= 0.3 is 0 Å². The quantitative estimate of drug-likeness (QED) is 0.839. The Morgan fingerprint density at radius 3 is 3.00 bits per heavy atom. The molecule has 1 aliphatic rings. The number of ether oxygens (including phenoxy) is 2. The summed E-state index contributed by atoms with van der Waals surface area (Å²) in [6.45, 7) is 6.06. The molecule has 0 bridgehead atoms. The fraction of sp³-hybridized carbons (Fsp3) is 0.529. The van der Waals surface area contributed by atoms with Crippen LogP contribution in [0.4, 0.5) is 4.39 Å². The third-order valence-corrected chi connectivity index (χ3v) is 4.03. The van der Waals surface area contributed by atoms with Crippen molar-refractivity contribution in [3.63, 3.8) is 0 Å². The smallest absolute Gasteiger partial charge is 0.256 e. The number of aryl methyl sites for hydroxylation is 1. The van der Waals surface area contributed by atoms with Gasteiger partial charge in [0, 0.05) is 25.6 Å². The van der Waals surface area contributed by atoms with Gasteiger partial charge in [-0.2, -0.15) is 4.98 Å². The lowest BCUT2D eigenvalue weighted by molar-refractivity contribution is 0.0623. The van der Waals surface area contributed by atoms with Gasteiger partial charge in [0.2, 0.25) is 0 Å². The molecule has 130 valence electrons. The summed E-state index contributed by atoms with van der Waals surface area (Å²) >= 11 is 0. The van der Waals surface area contributed by atoms with Crippen molar-refractivity contribution in [2.45, 2.75) is 32.9 Å². The van der Waals surface area contributed by atoms with Crippen LogP contribution < -0.4 is 10.1 Å². The topological polar surface area (TPSA) is 69.4 Å². The summed E-state index contributed by atoms with van der Waals surface area (Å²) in [4.78, 5) is 4.25. The van der Waals surface area contributed by atoms with Crippen molar-refractivity contribution < 1.29 is 18.4 Å². The number of rotatable bonds is 7. The van der Waals surface area contributed by atoms with E-state index in [0.717, 1.165) is 18.5 Å². The van der Waals surface area contributed by atoms with Crippen LogP contribution in [0.15, 0.2) is 22.7 Å². The van der Waals surface area contributed by atoms with E-state index in [0.29, 0.717) is 31.5 Å². The van der Waals surface area contributed by atoms with E-state index in [2.05, 4.69) is 15.5 Å². The maximum absolute atomic E-state index is 13.9. The van der Waals surface area contributed by atoms with Crippen molar-refractivity contribution >= 4 is 0 Å². The van der Waals surface area contributed by atoms with Gasteiger partial charge in [-0.1, -0.05) is 11.2 Å². The summed E-state index contributed by atoms with van der Waals surface area (Å²) in [7, 11) is 0. The Hall–Kier alpha value is -1.99. The summed E-state index contributed by atoms with van der Waals surface area (Å²) < 4.78 is 30.0. The minimum Gasteiger partial charge on any atom is -0.491 e. The molecule has 0 spiro atoms. The normalized spacial score (nSPS) is 20.5. The van der Waals surface area contributed by atoms with Gasteiger partial charge in [0.1, 0.15) is 6.10 Å². The van der Waals surface area contributed by atoms with Gasteiger partial charge in [-0.25, -0.2) is 4.39 Å². The Bertz CT molecular complexity index is 677. The zero-order valence-corrected chi connectivity index (χ0v) is 13.9. The first-order valence-electron chi connectivity index (χ1n) is 8.21. The molecule has 0 amide bonds. The largest absolute Gasteiger partial charge is 0.491 e. The van der Waals surface area contributed by atoms with Crippen molar-refractivity contribution in [1.82, 2.24) is 15.5 Å². The lowest BCUT2D eigenvalue weighted by Crippen LogP contribution is -2.24. The first-order chi connectivity index (χ1) is 11.7. The Balaban J connectivity index is 1.53. The highest BCUT2D eigenvalue weighted by Gasteiger charge is 2.33. The Labute approximate surface area is 140 Å². The van der Waals surface area contributed by atoms with Gasteiger partial charge in [-0.3, -0.25) is 0 Å². The van der Waals surface area contributed by atoms with Gasteiger partial charge in [0.15, 0.2) is 17.4 Å². The van der Waals surface area contributed by atoms with Crippen LogP contribution in [0.2, 0.25) is 0 Å². The standard InChI is InChI=1S/C17H22FN3O3/c1-3-22-15-5-4-12(8-14(15)18)9-19-10-13-6-7-23-16(13)17-20-11(2)21-24-17/h4-5,8,13,16,19H,3,6-7,9-10H2,1-2H3/t13-,16-/m0/s1. The van der Waals surface area contributed by atoms with E-state index in [1.165, 1.54) is 6.07 Å². The molecule has 1 aliphatic heterocycles. The second-order valence-electron chi connectivity index (χ2n) is 5.85. The summed E-state index contributed by atoms with van der Waals surface area (Å²) in [6, 6.07) is 5.03. The molecule has 6 nitrogen and oxygen atoms in total. The van der Waals surface area contributed by atoms with E-state index in [-0.39, 0.29) is 23.6 Å². The van der Waals surface area contributed by atoms with Crippen molar-refractivity contribution in [1.29, 1.82) is 0 Å². The van der Waals surface area contributed by atoms with Crippen LogP contribution in [-0.4, -0.2) is 29.9 Å².